The van der Waals surface area contributed by atoms with E-state index < -0.39 is 0 Å². The lowest BCUT2D eigenvalue weighted by Crippen LogP contribution is -2.57. The summed E-state index contributed by atoms with van der Waals surface area (Å²) in [6.07, 6.45) is 12.5. The van der Waals surface area contributed by atoms with E-state index in [4.69, 9.17) is 10.6 Å². The van der Waals surface area contributed by atoms with E-state index in [2.05, 4.69) is 33.1 Å². The van der Waals surface area contributed by atoms with Crippen LogP contribution >= 0.6 is 0 Å². The molecule has 3 heteroatoms. The fourth-order valence-corrected chi connectivity index (χ4v) is 3.68. The second kappa shape index (κ2) is 9.12. The van der Waals surface area contributed by atoms with Gasteiger partial charge in [-0.3, -0.25) is 11.3 Å². The highest BCUT2D eigenvalue weighted by Gasteiger charge is 2.44. The molecule has 1 rings (SSSR count). The van der Waals surface area contributed by atoms with E-state index in [1.54, 1.807) is 0 Å². The Morgan fingerprint density at radius 2 is 1.62 bits per heavy atom. The van der Waals surface area contributed by atoms with Crippen molar-refractivity contribution in [1.29, 1.82) is 0 Å². The first-order valence-electron chi connectivity index (χ1n) is 9.10. The predicted molar refractivity (Wildman–Crippen MR) is 91.1 cm³/mol. The summed E-state index contributed by atoms with van der Waals surface area (Å²) in [5, 5.41) is 0. The fourth-order valence-electron chi connectivity index (χ4n) is 3.68. The number of ether oxygens (including phenoxy) is 1. The summed E-state index contributed by atoms with van der Waals surface area (Å²) in [7, 11) is 0. The third-order valence-corrected chi connectivity index (χ3v) is 5.31. The second-order valence-corrected chi connectivity index (χ2v) is 7.58. The lowest BCUT2D eigenvalue weighted by molar-refractivity contribution is -0.108. The van der Waals surface area contributed by atoms with Crippen molar-refractivity contribution in [2.24, 2.45) is 11.3 Å². The van der Waals surface area contributed by atoms with Gasteiger partial charge in [0.2, 0.25) is 0 Å². The number of unbranched alkanes of at least 4 members (excludes halogenated alkanes) is 4. The molecule has 126 valence electrons. The summed E-state index contributed by atoms with van der Waals surface area (Å²) in [5.41, 5.74) is 3.51. The van der Waals surface area contributed by atoms with Crippen molar-refractivity contribution in [3.63, 3.8) is 0 Å². The smallest absolute Gasteiger partial charge is 0.0848 e. The summed E-state index contributed by atoms with van der Waals surface area (Å²) >= 11 is 0. The first-order chi connectivity index (χ1) is 9.99. The zero-order chi connectivity index (χ0) is 15.8. The topological polar surface area (TPSA) is 47.3 Å². The van der Waals surface area contributed by atoms with Crippen LogP contribution in [0.2, 0.25) is 0 Å². The highest BCUT2D eigenvalue weighted by atomic mass is 16.5. The molecule has 1 saturated carbocycles. The molecule has 0 aliphatic heterocycles. The van der Waals surface area contributed by atoms with Crippen LogP contribution in [0.1, 0.15) is 91.9 Å². The Hall–Kier alpha value is -0.120. The van der Waals surface area contributed by atoms with Crippen molar-refractivity contribution in [3.05, 3.63) is 0 Å². The average Bonchev–Trinajstić information content (AvgIpc) is 2.46. The average molecular weight is 299 g/mol. The molecule has 0 heterocycles. The Morgan fingerprint density at radius 1 is 1.00 bits per heavy atom. The van der Waals surface area contributed by atoms with Crippen molar-refractivity contribution < 1.29 is 4.74 Å². The number of hydrazine groups is 1. The van der Waals surface area contributed by atoms with E-state index in [1.807, 2.05) is 0 Å². The molecule has 0 saturated heterocycles. The number of hydrogen-bond acceptors (Lipinski definition) is 3. The minimum atomic E-state index is -0.0379. The number of nitrogens with one attached hydrogen (secondary N) is 1. The molecule has 0 aromatic rings. The zero-order valence-electron chi connectivity index (χ0n) is 14.8. The van der Waals surface area contributed by atoms with Gasteiger partial charge in [-0.2, -0.15) is 0 Å². The predicted octanol–water partition coefficient (Wildman–Crippen LogP) is 4.55. The summed E-state index contributed by atoms with van der Waals surface area (Å²) in [6.45, 7) is 9.90. The molecular formula is C18H38N2O. The number of hydrogen-bond donors (Lipinski definition) is 2. The Balaban J connectivity index is 2.55. The number of nitrogens with two attached hydrogens (primary N) is 1. The molecule has 0 spiro atoms. The SMILES string of the molecule is CCCCCCCC(NN)C1(OCC)CCC(C)(C)CC1. The first-order valence-corrected chi connectivity index (χ1v) is 9.10. The molecule has 1 fully saturated rings. The van der Waals surface area contributed by atoms with Gasteiger partial charge in [0.05, 0.1) is 11.6 Å². The van der Waals surface area contributed by atoms with Gasteiger partial charge in [0.15, 0.2) is 0 Å². The summed E-state index contributed by atoms with van der Waals surface area (Å²) in [6, 6.07) is 0.301. The van der Waals surface area contributed by atoms with Crippen LogP contribution in [0.3, 0.4) is 0 Å². The Bertz CT molecular complexity index is 268. The van der Waals surface area contributed by atoms with Gasteiger partial charge in [-0.15, -0.1) is 0 Å². The molecule has 1 aliphatic carbocycles. The standard InChI is InChI=1S/C18H38N2O/c1-5-7-8-9-10-11-16(20-19)18(21-6-2)14-12-17(3,4)13-15-18/h16,20H,5-15,19H2,1-4H3. The van der Waals surface area contributed by atoms with Crippen LogP contribution in [0.4, 0.5) is 0 Å². The monoisotopic (exact) mass is 298 g/mol. The molecule has 0 radical (unpaired) electrons. The van der Waals surface area contributed by atoms with Crippen molar-refractivity contribution in [3.8, 4) is 0 Å². The minimum absolute atomic E-state index is 0.0379. The maximum atomic E-state index is 6.25. The lowest BCUT2D eigenvalue weighted by Gasteiger charge is -2.47. The van der Waals surface area contributed by atoms with Crippen molar-refractivity contribution in [2.75, 3.05) is 6.61 Å². The zero-order valence-corrected chi connectivity index (χ0v) is 14.8. The quantitative estimate of drug-likeness (QED) is 0.353. The van der Waals surface area contributed by atoms with Crippen LogP contribution in [0.15, 0.2) is 0 Å². The van der Waals surface area contributed by atoms with Crippen molar-refractivity contribution in [1.82, 2.24) is 5.43 Å². The summed E-state index contributed by atoms with van der Waals surface area (Å²) < 4.78 is 6.25. The summed E-state index contributed by atoms with van der Waals surface area (Å²) in [4.78, 5) is 0. The van der Waals surface area contributed by atoms with E-state index >= 15 is 0 Å². The van der Waals surface area contributed by atoms with E-state index in [0.717, 1.165) is 25.9 Å². The van der Waals surface area contributed by atoms with Gasteiger partial charge < -0.3 is 4.74 Å². The first kappa shape index (κ1) is 18.9. The van der Waals surface area contributed by atoms with E-state index in [0.29, 0.717) is 11.5 Å². The lowest BCUT2D eigenvalue weighted by atomic mass is 9.68. The van der Waals surface area contributed by atoms with Crippen LogP contribution in [0.5, 0.6) is 0 Å². The Morgan fingerprint density at radius 3 is 2.14 bits per heavy atom. The van der Waals surface area contributed by atoms with Gasteiger partial charge in [0.1, 0.15) is 0 Å². The molecule has 1 atom stereocenters. The van der Waals surface area contributed by atoms with Crippen molar-refractivity contribution >= 4 is 0 Å². The Kier molecular flexibility index (Phi) is 8.22. The highest BCUT2D eigenvalue weighted by molar-refractivity contribution is 4.98. The highest BCUT2D eigenvalue weighted by Crippen LogP contribution is 2.44. The maximum Gasteiger partial charge on any atom is 0.0848 e. The molecule has 0 aromatic heterocycles. The third-order valence-electron chi connectivity index (χ3n) is 5.31. The van der Waals surface area contributed by atoms with Gasteiger partial charge in [-0.05, 0) is 44.4 Å². The molecule has 1 unspecified atom stereocenters. The normalized spacial score (nSPS) is 22.1. The Labute approximate surface area is 132 Å². The molecule has 1 aliphatic rings. The van der Waals surface area contributed by atoms with Crippen LogP contribution in [0.25, 0.3) is 0 Å². The van der Waals surface area contributed by atoms with Gasteiger partial charge in [-0.25, -0.2) is 0 Å². The van der Waals surface area contributed by atoms with Crippen LogP contribution in [-0.2, 0) is 4.74 Å². The number of rotatable bonds is 10. The van der Waals surface area contributed by atoms with Gasteiger partial charge >= 0.3 is 0 Å². The van der Waals surface area contributed by atoms with Gasteiger partial charge in [0, 0.05) is 6.61 Å². The van der Waals surface area contributed by atoms with Crippen molar-refractivity contribution in [2.45, 2.75) is 104 Å². The third kappa shape index (κ3) is 5.88. The van der Waals surface area contributed by atoms with Gasteiger partial charge in [0.25, 0.3) is 0 Å². The van der Waals surface area contributed by atoms with Crippen LogP contribution in [0, 0.1) is 5.41 Å². The molecule has 0 bridgehead atoms. The molecule has 21 heavy (non-hydrogen) atoms. The van der Waals surface area contributed by atoms with Crippen LogP contribution < -0.4 is 11.3 Å². The molecule has 0 aromatic carbocycles. The maximum absolute atomic E-state index is 6.25. The second-order valence-electron chi connectivity index (χ2n) is 7.58. The van der Waals surface area contributed by atoms with E-state index in [-0.39, 0.29) is 5.60 Å². The molecule has 3 nitrogen and oxygen atoms in total. The molecular weight excluding hydrogens is 260 g/mol. The fraction of sp³-hybridized carbons (Fsp3) is 1.00. The van der Waals surface area contributed by atoms with E-state index in [1.165, 1.54) is 44.9 Å². The van der Waals surface area contributed by atoms with E-state index in [9.17, 15) is 0 Å². The minimum Gasteiger partial charge on any atom is -0.374 e. The van der Waals surface area contributed by atoms with Crippen LogP contribution in [-0.4, -0.2) is 18.2 Å². The largest absolute Gasteiger partial charge is 0.374 e. The van der Waals surface area contributed by atoms with Gasteiger partial charge in [-0.1, -0.05) is 52.9 Å². The summed E-state index contributed by atoms with van der Waals surface area (Å²) in [5.74, 6) is 5.90. The molecule has 3 N–H and O–H groups in total. The molecule has 0 amide bonds.